The SMILES string of the molecule is C/C=C\Cc1ccc(CF)c(F)c1. The predicted molar refractivity (Wildman–Crippen MR) is 49.7 cm³/mol. The van der Waals surface area contributed by atoms with Gasteiger partial charge in [-0.25, -0.2) is 8.78 Å². The molecule has 13 heavy (non-hydrogen) atoms. The van der Waals surface area contributed by atoms with E-state index in [1.54, 1.807) is 6.07 Å². The number of hydrogen-bond donors (Lipinski definition) is 0. The predicted octanol–water partition coefficient (Wildman–Crippen LogP) is 3.41. The molecule has 1 aromatic carbocycles. The Balaban J connectivity index is 2.83. The molecule has 0 nitrogen and oxygen atoms in total. The molecular formula is C11H12F2. The maximum atomic E-state index is 13.0. The molecule has 0 amide bonds. The highest BCUT2D eigenvalue weighted by molar-refractivity contribution is 5.25. The highest BCUT2D eigenvalue weighted by Gasteiger charge is 2.01. The molecule has 1 rings (SSSR count). The van der Waals surface area contributed by atoms with Crippen LogP contribution in [0.5, 0.6) is 0 Å². The van der Waals surface area contributed by atoms with E-state index in [-0.39, 0.29) is 5.56 Å². The molecule has 0 radical (unpaired) electrons. The average Bonchev–Trinajstić information content (AvgIpc) is 2.15. The van der Waals surface area contributed by atoms with Crippen molar-refractivity contribution in [3.8, 4) is 0 Å². The van der Waals surface area contributed by atoms with Gasteiger partial charge in [0.15, 0.2) is 0 Å². The third kappa shape index (κ3) is 2.65. The molecule has 0 spiro atoms. The highest BCUT2D eigenvalue weighted by atomic mass is 19.1. The molecular weight excluding hydrogens is 170 g/mol. The summed E-state index contributed by atoms with van der Waals surface area (Å²) in [6.07, 6.45) is 4.53. The molecule has 0 atom stereocenters. The van der Waals surface area contributed by atoms with E-state index >= 15 is 0 Å². The van der Waals surface area contributed by atoms with Crippen molar-refractivity contribution in [3.63, 3.8) is 0 Å². The second-order valence-corrected chi connectivity index (χ2v) is 2.83. The van der Waals surface area contributed by atoms with Gasteiger partial charge in [-0.1, -0.05) is 24.3 Å². The Morgan fingerprint density at radius 3 is 2.69 bits per heavy atom. The van der Waals surface area contributed by atoms with Crippen LogP contribution in [0.2, 0.25) is 0 Å². The van der Waals surface area contributed by atoms with Crippen molar-refractivity contribution in [1.29, 1.82) is 0 Å². The lowest BCUT2D eigenvalue weighted by atomic mass is 10.1. The maximum absolute atomic E-state index is 13.0. The Morgan fingerprint density at radius 2 is 2.15 bits per heavy atom. The summed E-state index contributed by atoms with van der Waals surface area (Å²) < 4.78 is 25.1. The van der Waals surface area contributed by atoms with Crippen LogP contribution in [-0.4, -0.2) is 0 Å². The molecule has 0 aliphatic carbocycles. The third-order valence-corrected chi connectivity index (χ3v) is 1.85. The number of hydrogen-bond acceptors (Lipinski definition) is 0. The quantitative estimate of drug-likeness (QED) is 0.628. The van der Waals surface area contributed by atoms with Crippen molar-refractivity contribution < 1.29 is 8.78 Å². The van der Waals surface area contributed by atoms with Crippen LogP contribution in [0, 0.1) is 5.82 Å². The van der Waals surface area contributed by atoms with E-state index in [9.17, 15) is 8.78 Å². The summed E-state index contributed by atoms with van der Waals surface area (Å²) in [5.74, 6) is -0.454. The molecule has 0 saturated carbocycles. The van der Waals surface area contributed by atoms with E-state index in [1.807, 2.05) is 19.1 Å². The van der Waals surface area contributed by atoms with Gasteiger partial charge in [-0.05, 0) is 25.0 Å². The Hall–Kier alpha value is -1.18. The number of halogens is 2. The summed E-state index contributed by atoms with van der Waals surface area (Å²) in [5.41, 5.74) is 0.997. The van der Waals surface area contributed by atoms with Gasteiger partial charge in [-0.15, -0.1) is 0 Å². The zero-order valence-electron chi connectivity index (χ0n) is 7.56. The van der Waals surface area contributed by atoms with Crippen LogP contribution in [0.15, 0.2) is 30.4 Å². The second-order valence-electron chi connectivity index (χ2n) is 2.83. The van der Waals surface area contributed by atoms with Crippen LogP contribution in [-0.2, 0) is 13.1 Å². The molecule has 2 heteroatoms. The molecule has 0 fully saturated rings. The minimum atomic E-state index is -0.740. The van der Waals surface area contributed by atoms with E-state index in [0.29, 0.717) is 6.42 Å². The fourth-order valence-electron chi connectivity index (χ4n) is 1.08. The smallest absolute Gasteiger partial charge is 0.129 e. The molecule has 1 aromatic rings. The fraction of sp³-hybridized carbons (Fsp3) is 0.273. The van der Waals surface area contributed by atoms with Crippen LogP contribution >= 0.6 is 0 Å². The lowest BCUT2D eigenvalue weighted by Gasteiger charge is -2.00. The summed E-state index contributed by atoms with van der Waals surface area (Å²) in [7, 11) is 0. The van der Waals surface area contributed by atoms with Gasteiger partial charge in [-0.3, -0.25) is 0 Å². The largest absolute Gasteiger partial charge is 0.246 e. The zero-order valence-corrected chi connectivity index (χ0v) is 7.56. The number of benzene rings is 1. The van der Waals surface area contributed by atoms with Crippen molar-refractivity contribution in [1.82, 2.24) is 0 Å². The number of alkyl halides is 1. The van der Waals surface area contributed by atoms with Gasteiger partial charge in [0.25, 0.3) is 0 Å². The van der Waals surface area contributed by atoms with Gasteiger partial charge in [0.2, 0.25) is 0 Å². The summed E-state index contributed by atoms with van der Waals surface area (Å²) in [5, 5.41) is 0. The first-order valence-electron chi connectivity index (χ1n) is 4.22. The van der Waals surface area contributed by atoms with E-state index < -0.39 is 12.5 Å². The minimum Gasteiger partial charge on any atom is -0.246 e. The first kappa shape index (κ1) is 9.90. The molecule has 0 bridgehead atoms. The van der Waals surface area contributed by atoms with Crippen molar-refractivity contribution in [2.24, 2.45) is 0 Å². The third-order valence-electron chi connectivity index (χ3n) is 1.85. The molecule has 0 unspecified atom stereocenters. The van der Waals surface area contributed by atoms with Gasteiger partial charge in [0.1, 0.15) is 12.5 Å². The van der Waals surface area contributed by atoms with Gasteiger partial charge in [0, 0.05) is 5.56 Å². The second kappa shape index (κ2) is 4.75. The van der Waals surface area contributed by atoms with E-state index in [0.717, 1.165) is 5.56 Å². The van der Waals surface area contributed by atoms with E-state index in [4.69, 9.17) is 0 Å². The Kier molecular flexibility index (Phi) is 3.62. The summed E-state index contributed by atoms with van der Waals surface area (Å²) in [6, 6.07) is 4.63. The van der Waals surface area contributed by atoms with Gasteiger partial charge in [0.05, 0.1) is 0 Å². The summed E-state index contributed by atoms with van der Waals surface area (Å²) >= 11 is 0. The van der Waals surface area contributed by atoms with Crippen molar-refractivity contribution in [2.45, 2.75) is 20.0 Å². The number of rotatable bonds is 3. The molecule has 0 N–H and O–H groups in total. The highest BCUT2D eigenvalue weighted by Crippen LogP contribution is 2.12. The maximum Gasteiger partial charge on any atom is 0.129 e. The Labute approximate surface area is 76.9 Å². The molecule has 0 saturated heterocycles. The van der Waals surface area contributed by atoms with E-state index in [1.165, 1.54) is 12.1 Å². The Morgan fingerprint density at radius 1 is 1.38 bits per heavy atom. The first-order valence-corrected chi connectivity index (χ1v) is 4.22. The standard InChI is InChI=1S/C11H12F2/c1-2-3-4-9-5-6-10(8-12)11(13)7-9/h2-3,5-7H,4,8H2,1H3/b3-2-. The van der Waals surface area contributed by atoms with Gasteiger partial charge < -0.3 is 0 Å². The lowest BCUT2D eigenvalue weighted by Crippen LogP contribution is -1.89. The van der Waals surface area contributed by atoms with Crippen molar-refractivity contribution in [3.05, 3.63) is 47.3 Å². The van der Waals surface area contributed by atoms with E-state index in [2.05, 4.69) is 0 Å². The lowest BCUT2D eigenvalue weighted by molar-refractivity contribution is 0.463. The number of allylic oxidation sites excluding steroid dienone is 2. The van der Waals surface area contributed by atoms with Crippen LogP contribution in [0.4, 0.5) is 8.78 Å². The normalized spacial score (nSPS) is 11.0. The Bertz CT molecular complexity index is 303. The molecule has 0 aromatic heterocycles. The van der Waals surface area contributed by atoms with Crippen LogP contribution < -0.4 is 0 Å². The topological polar surface area (TPSA) is 0 Å². The molecule has 0 aliphatic rings. The van der Waals surface area contributed by atoms with Gasteiger partial charge in [-0.2, -0.15) is 0 Å². The summed E-state index contributed by atoms with van der Waals surface area (Å²) in [6.45, 7) is 1.17. The summed E-state index contributed by atoms with van der Waals surface area (Å²) in [4.78, 5) is 0. The fourth-order valence-corrected chi connectivity index (χ4v) is 1.08. The minimum absolute atomic E-state index is 0.129. The van der Waals surface area contributed by atoms with Crippen LogP contribution in [0.25, 0.3) is 0 Å². The monoisotopic (exact) mass is 182 g/mol. The molecule has 0 heterocycles. The average molecular weight is 182 g/mol. The molecule has 70 valence electrons. The van der Waals surface area contributed by atoms with Crippen molar-refractivity contribution in [2.75, 3.05) is 0 Å². The zero-order chi connectivity index (χ0) is 9.68. The van der Waals surface area contributed by atoms with Crippen molar-refractivity contribution >= 4 is 0 Å². The first-order chi connectivity index (χ1) is 6.27. The molecule has 0 aliphatic heterocycles. The van der Waals surface area contributed by atoms with Crippen LogP contribution in [0.3, 0.4) is 0 Å². The van der Waals surface area contributed by atoms with Crippen LogP contribution in [0.1, 0.15) is 18.1 Å². The van der Waals surface area contributed by atoms with Gasteiger partial charge >= 0.3 is 0 Å².